The first-order valence-electron chi connectivity index (χ1n) is 6.96. The average Bonchev–Trinajstić information content (AvgIpc) is 2.83. The monoisotopic (exact) mass is 257 g/mol. The van der Waals surface area contributed by atoms with Gasteiger partial charge in [-0.25, -0.2) is 4.98 Å². The number of benzene rings is 1. The highest BCUT2D eigenvalue weighted by atomic mass is 15.1. The van der Waals surface area contributed by atoms with E-state index in [-0.39, 0.29) is 0 Å². The number of aromatic nitrogens is 2. The van der Waals surface area contributed by atoms with Gasteiger partial charge in [0.15, 0.2) is 0 Å². The van der Waals surface area contributed by atoms with Gasteiger partial charge in [-0.05, 0) is 38.9 Å². The summed E-state index contributed by atoms with van der Waals surface area (Å²) < 4.78 is 2.20. The van der Waals surface area contributed by atoms with Gasteiger partial charge in [-0.15, -0.1) is 0 Å². The second-order valence-corrected chi connectivity index (χ2v) is 5.06. The predicted octanol–water partition coefficient (Wildman–Crippen LogP) is 2.76. The van der Waals surface area contributed by atoms with Gasteiger partial charge in [0.1, 0.15) is 5.82 Å². The fourth-order valence-corrected chi connectivity index (χ4v) is 2.23. The molecule has 3 nitrogen and oxygen atoms in total. The Hall–Kier alpha value is -1.61. The lowest BCUT2D eigenvalue weighted by Gasteiger charge is -2.17. The molecule has 0 amide bonds. The molecule has 1 heterocycles. The van der Waals surface area contributed by atoms with Crippen molar-refractivity contribution in [2.24, 2.45) is 0 Å². The molecule has 0 saturated heterocycles. The van der Waals surface area contributed by atoms with Crippen molar-refractivity contribution >= 4 is 0 Å². The number of likely N-dealkylation sites (N-methyl/N-ethyl adjacent to an activating group) is 1. The number of imidazole rings is 1. The Kier molecular flexibility index (Phi) is 5.16. The van der Waals surface area contributed by atoms with Gasteiger partial charge in [-0.2, -0.15) is 0 Å². The van der Waals surface area contributed by atoms with Crippen LogP contribution in [0.2, 0.25) is 0 Å². The maximum absolute atomic E-state index is 4.24. The van der Waals surface area contributed by atoms with Crippen molar-refractivity contribution in [3.8, 4) is 0 Å². The van der Waals surface area contributed by atoms with Gasteiger partial charge in [0, 0.05) is 25.5 Å². The first kappa shape index (κ1) is 13.8. The number of rotatable bonds is 7. The molecular formula is C16H23N3. The zero-order valence-corrected chi connectivity index (χ0v) is 11.9. The first-order valence-corrected chi connectivity index (χ1v) is 6.96. The minimum atomic E-state index is 1.02. The molecule has 0 saturated carbocycles. The van der Waals surface area contributed by atoms with Crippen molar-refractivity contribution < 1.29 is 0 Å². The van der Waals surface area contributed by atoms with Gasteiger partial charge < -0.3 is 9.47 Å². The van der Waals surface area contributed by atoms with E-state index in [4.69, 9.17) is 0 Å². The summed E-state index contributed by atoms with van der Waals surface area (Å²) in [6.07, 6.45) is 6.29. The predicted molar refractivity (Wildman–Crippen MR) is 79.2 cm³/mol. The smallest absolute Gasteiger partial charge is 0.105 e. The standard InChI is InChI=1S/C16H23N3/c1-15-17-10-12-19(15)14-13-18(2)11-6-9-16-7-4-3-5-8-16/h3-5,7-8,10,12H,6,9,11,13-14H2,1-2H3. The Labute approximate surface area is 115 Å². The summed E-state index contributed by atoms with van der Waals surface area (Å²) in [6, 6.07) is 10.7. The molecule has 0 fully saturated rings. The Morgan fingerprint density at radius 3 is 2.63 bits per heavy atom. The Morgan fingerprint density at radius 1 is 1.16 bits per heavy atom. The number of aryl methyl sites for hydroxylation is 2. The summed E-state index contributed by atoms with van der Waals surface area (Å²) in [5.41, 5.74) is 1.43. The molecule has 0 N–H and O–H groups in total. The molecule has 19 heavy (non-hydrogen) atoms. The third kappa shape index (κ3) is 4.52. The van der Waals surface area contributed by atoms with Gasteiger partial charge in [0.2, 0.25) is 0 Å². The minimum absolute atomic E-state index is 1.02. The van der Waals surface area contributed by atoms with Crippen LogP contribution in [0, 0.1) is 6.92 Å². The lowest BCUT2D eigenvalue weighted by molar-refractivity contribution is 0.313. The van der Waals surface area contributed by atoms with Crippen molar-refractivity contribution in [3.05, 3.63) is 54.1 Å². The van der Waals surface area contributed by atoms with Gasteiger partial charge in [-0.1, -0.05) is 30.3 Å². The van der Waals surface area contributed by atoms with Crippen LogP contribution in [-0.4, -0.2) is 34.6 Å². The summed E-state index contributed by atoms with van der Waals surface area (Å²) in [7, 11) is 2.19. The van der Waals surface area contributed by atoms with Crippen LogP contribution in [0.15, 0.2) is 42.7 Å². The molecule has 1 aromatic carbocycles. The molecule has 0 unspecified atom stereocenters. The minimum Gasteiger partial charge on any atom is -0.334 e. The molecular weight excluding hydrogens is 234 g/mol. The van der Waals surface area contributed by atoms with E-state index < -0.39 is 0 Å². The van der Waals surface area contributed by atoms with Crippen molar-refractivity contribution in [1.29, 1.82) is 0 Å². The largest absolute Gasteiger partial charge is 0.334 e. The van der Waals surface area contributed by atoms with E-state index in [1.165, 1.54) is 12.0 Å². The lowest BCUT2D eigenvalue weighted by atomic mass is 10.1. The topological polar surface area (TPSA) is 21.1 Å². The molecule has 3 heteroatoms. The highest BCUT2D eigenvalue weighted by molar-refractivity contribution is 5.14. The highest BCUT2D eigenvalue weighted by Crippen LogP contribution is 2.03. The van der Waals surface area contributed by atoms with Crippen LogP contribution in [0.25, 0.3) is 0 Å². The van der Waals surface area contributed by atoms with Crippen LogP contribution >= 0.6 is 0 Å². The van der Waals surface area contributed by atoms with E-state index in [1.54, 1.807) is 0 Å². The maximum atomic E-state index is 4.24. The van der Waals surface area contributed by atoms with Crippen LogP contribution < -0.4 is 0 Å². The van der Waals surface area contributed by atoms with E-state index >= 15 is 0 Å². The van der Waals surface area contributed by atoms with Crippen LogP contribution in [0.1, 0.15) is 17.8 Å². The molecule has 0 radical (unpaired) electrons. The molecule has 0 spiro atoms. The number of hydrogen-bond acceptors (Lipinski definition) is 2. The first-order chi connectivity index (χ1) is 9.25. The molecule has 0 atom stereocenters. The Balaban J connectivity index is 1.65. The van der Waals surface area contributed by atoms with E-state index in [0.29, 0.717) is 0 Å². The zero-order valence-electron chi connectivity index (χ0n) is 11.9. The van der Waals surface area contributed by atoms with Crippen LogP contribution in [-0.2, 0) is 13.0 Å². The molecule has 102 valence electrons. The van der Waals surface area contributed by atoms with Crippen molar-refractivity contribution in [1.82, 2.24) is 14.5 Å². The summed E-state index contributed by atoms with van der Waals surface area (Å²) in [5.74, 6) is 1.10. The number of nitrogens with zero attached hydrogens (tertiary/aromatic N) is 3. The summed E-state index contributed by atoms with van der Waals surface area (Å²) >= 11 is 0. The molecule has 0 aliphatic heterocycles. The van der Waals surface area contributed by atoms with Crippen LogP contribution in [0.4, 0.5) is 0 Å². The summed E-state index contributed by atoms with van der Waals surface area (Å²) in [5, 5.41) is 0. The van der Waals surface area contributed by atoms with E-state index in [0.717, 1.165) is 31.9 Å². The van der Waals surface area contributed by atoms with Crippen molar-refractivity contribution in [2.45, 2.75) is 26.3 Å². The van der Waals surface area contributed by atoms with Crippen LogP contribution in [0.3, 0.4) is 0 Å². The Morgan fingerprint density at radius 2 is 1.95 bits per heavy atom. The zero-order chi connectivity index (χ0) is 13.5. The molecule has 0 aliphatic rings. The van der Waals surface area contributed by atoms with Gasteiger partial charge in [0.05, 0.1) is 0 Å². The third-order valence-electron chi connectivity index (χ3n) is 3.49. The second kappa shape index (κ2) is 7.10. The van der Waals surface area contributed by atoms with Crippen molar-refractivity contribution in [3.63, 3.8) is 0 Å². The quantitative estimate of drug-likeness (QED) is 0.760. The summed E-state index contributed by atoms with van der Waals surface area (Å²) in [6.45, 7) is 5.29. The van der Waals surface area contributed by atoms with Crippen molar-refractivity contribution in [2.75, 3.05) is 20.1 Å². The average molecular weight is 257 g/mol. The maximum Gasteiger partial charge on any atom is 0.105 e. The number of hydrogen-bond donors (Lipinski definition) is 0. The molecule has 1 aromatic heterocycles. The molecule has 0 aliphatic carbocycles. The van der Waals surface area contributed by atoms with E-state index in [2.05, 4.69) is 58.8 Å². The molecule has 0 bridgehead atoms. The second-order valence-electron chi connectivity index (χ2n) is 5.06. The fourth-order valence-electron chi connectivity index (χ4n) is 2.23. The SMILES string of the molecule is Cc1nccn1CCN(C)CCCc1ccccc1. The Bertz CT molecular complexity index is 476. The van der Waals surface area contributed by atoms with Gasteiger partial charge in [-0.3, -0.25) is 0 Å². The molecule has 2 rings (SSSR count). The van der Waals surface area contributed by atoms with E-state index in [1.807, 2.05) is 12.4 Å². The van der Waals surface area contributed by atoms with Crippen LogP contribution in [0.5, 0.6) is 0 Å². The van der Waals surface area contributed by atoms with E-state index in [9.17, 15) is 0 Å². The van der Waals surface area contributed by atoms with Gasteiger partial charge in [0.25, 0.3) is 0 Å². The lowest BCUT2D eigenvalue weighted by Crippen LogP contribution is -2.24. The summed E-state index contributed by atoms with van der Waals surface area (Å²) in [4.78, 5) is 6.63. The fraction of sp³-hybridized carbons (Fsp3) is 0.438. The van der Waals surface area contributed by atoms with Gasteiger partial charge >= 0.3 is 0 Å². The highest BCUT2D eigenvalue weighted by Gasteiger charge is 2.01. The third-order valence-corrected chi connectivity index (χ3v) is 3.49. The normalized spacial score (nSPS) is 11.1. The molecule has 2 aromatic rings.